The minimum atomic E-state index is -1.56. The molecule has 0 bridgehead atoms. The Kier molecular flexibility index (Phi) is 4.44. The van der Waals surface area contributed by atoms with Crippen molar-refractivity contribution in [1.29, 1.82) is 0 Å². The van der Waals surface area contributed by atoms with Gasteiger partial charge in [0.25, 0.3) is 0 Å². The predicted molar refractivity (Wildman–Crippen MR) is 73.6 cm³/mol. The summed E-state index contributed by atoms with van der Waals surface area (Å²) in [4.78, 5) is 0. The molecule has 0 saturated heterocycles. The van der Waals surface area contributed by atoms with Crippen molar-refractivity contribution in [3.05, 3.63) is 54.1 Å². The van der Waals surface area contributed by atoms with Crippen LogP contribution in [0.25, 0.3) is 0 Å². The normalized spacial score (nSPS) is 10.1. The summed E-state index contributed by atoms with van der Waals surface area (Å²) in [5.74, 6) is 1.21. The van der Waals surface area contributed by atoms with Crippen LogP contribution < -0.4 is 14.9 Å². The fraction of sp³-hybridized carbons (Fsp3) is 0.143. The molecular weight excluding hydrogens is 243 g/mol. The van der Waals surface area contributed by atoms with Gasteiger partial charge in [0.05, 0.1) is 7.11 Å². The molecule has 0 aliphatic heterocycles. The second-order valence-corrected chi connectivity index (χ2v) is 4.05. The summed E-state index contributed by atoms with van der Waals surface area (Å²) in [7, 11) is -0.0759. The molecule has 0 heterocycles. The van der Waals surface area contributed by atoms with Crippen molar-refractivity contribution >= 4 is 12.6 Å². The van der Waals surface area contributed by atoms with Gasteiger partial charge in [-0.15, -0.1) is 0 Å². The second kappa shape index (κ2) is 6.27. The molecule has 4 nitrogen and oxygen atoms in total. The molecular formula is C14H15BO4. The monoisotopic (exact) mass is 258 g/mol. The zero-order valence-electron chi connectivity index (χ0n) is 10.6. The first-order valence-corrected chi connectivity index (χ1v) is 5.91. The average Bonchev–Trinajstić information content (AvgIpc) is 2.46. The van der Waals surface area contributed by atoms with E-state index in [1.807, 2.05) is 36.4 Å². The largest absolute Gasteiger partial charge is 0.497 e. The molecule has 0 saturated carbocycles. The van der Waals surface area contributed by atoms with Crippen LogP contribution in [0, 0.1) is 0 Å². The van der Waals surface area contributed by atoms with Gasteiger partial charge in [0.1, 0.15) is 18.1 Å². The van der Waals surface area contributed by atoms with Gasteiger partial charge in [-0.1, -0.05) is 30.3 Å². The van der Waals surface area contributed by atoms with Crippen molar-refractivity contribution in [3.8, 4) is 11.5 Å². The van der Waals surface area contributed by atoms with E-state index in [1.165, 1.54) is 7.11 Å². The molecule has 0 aliphatic carbocycles. The lowest BCUT2D eigenvalue weighted by atomic mass is 9.79. The van der Waals surface area contributed by atoms with Gasteiger partial charge < -0.3 is 19.5 Å². The third-order valence-corrected chi connectivity index (χ3v) is 2.72. The Morgan fingerprint density at radius 3 is 2.42 bits per heavy atom. The number of methoxy groups -OCH3 is 1. The summed E-state index contributed by atoms with van der Waals surface area (Å²) >= 11 is 0. The Morgan fingerprint density at radius 2 is 1.79 bits per heavy atom. The smallest absolute Gasteiger partial charge is 0.492 e. The first kappa shape index (κ1) is 13.5. The molecule has 0 amide bonds. The topological polar surface area (TPSA) is 58.9 Å². The Morgan fingerprint density at radius 1 is 1.05 bits per heavy atom. The Bertz CT molecular complexity index is 528. The summed E-state index contributed by atoms with van der Waals surface area (Å²) in [6, 6.07) is 14.6. The number of benzene rings is 2. The lowest BCUT2D eigenvalue weighted by molar-refractivity contribution is 0.306. The van der Waals surface area contributed by atoms with Gasteiger partial charge >= 0.3 is 7.12 Å². The lowest BCUT2D eigenvalue weighted by Gasteiger charge is -2.11. The van der Waals surface area contributed by atoms with Crippen molar-refractivity contribution in [3.63, 3.8) is 0 Å². The average molecular weight is 258 g/mol. The fourth-order valence-electron chi connectivity index (χ4n) is 1.76. The summed E-state index contributed by atoms with van der Waals surface area (Å²) in [6.07, 6.45) is 0. The lowest BCUT2D eigenvalue weighted by Crippen LogP contribution is -2.31. The minimum Gasteiger partial charge on any atom is -0.497 e. The van der Waals surface area contributed by atoms with Crippen LogP contribution in [0.5, 0.6) is 11.5 Å². The SMILES string of the molecule is COc1ccc(COc2ccccc2)cc1B(O)O. The molecule has 2 aromatic carbocycles. The van der Waals surface area contributed by atoms with Gasteiger partial charge in [-0.25, -0.2) is 0 Å². The Balaban J connectivity index is 2.11. The summed E-state index contributed by atoms with van der Waals surface area (Å²) in [5.41, 5.74) is 1.17. The molecule has 2 rings (SSSR count). The zero-order chi connectivity index (χ0) is 13.7. The maximum Gasteiger partial charge on any atom is 0.492 e. The van der Waals surface area contributed by atoms with Gasteiger partial charge in [-0.05, 0) is 23.8 Å². The third kappa shape index (κ3) is 3.50. The molecule has 0 atom stereocenters. The summed E-state index contributed by atoms with van der Waals surface area (Å²) in [5, 5.41) is 18.6. The molecule has 0 spiro atoms. The van der Waals surface area contributed by atoms with E-state index < -0.39 is 7.12 Å². The Hall–Kier alpha value is -1.98. The fourth-order valence-corrected chi connectivity index (χ4v) is 1.76. The molecule has 0 aromatic heterocycles. The van der Waals surface area contributed by atoms with Gasteiger partial charge in [-0.2, -0.15) is 0 Å². The maximum atomic E-state index is 9.28. The first-order valence-electron chi connectivity index (χ1n) is 5.91. The third-order valence-electron chi connectivity index (χ3n) is 2.72. The van der Waals surface area contributed by atoms with Crippen LogP contribution >= 0.6 is 0 Å². The Labute approximate surface area is 112 Å². The highest BCUT2D eigenvalue weighted by Crippen LogP contribution is 2.14. The van der Waals surface area contributed by atoms with Crippen molar-refractivity contribution in [2.45, 2.75) is 6.61 Å². The molecule has 2 aromatic rings. The van der Waals surface area contributed by atoms with E-state index in [4.69, 9.17) is 9.47 Å². The van der Waals surface area contributed by atoms with Crippen LogP contribution in [0.1, 0.15) is 5.56 Å². The van der Waals surface area contributed by atoms with Gasteiger partial charge in [-0.3, -0.25) is 0 Å². The van der Waals surface area contributed by atoms with Crippen molar-refractivity contribution in [2.24, 2.45) is 0 Å². The molecule has 0 fully saturated rings. The number of hydrogen-bond acceptors (Lipinski definition) is 4. The minimum absolute atomic E-state index is 0.330. The molecule has 2 N–H and O–H groups in total. The van der Waals surface area contributed by atoms with Crippen LogP contribution in [-0.2, 0) is 6.61 Å². The maximum absolute atomic E-state index is 9.28. The highest BCUT2D eigenvalue weighted by atomic mass is 16.5. The van der Waals surface area contributed by atoms with E-state index in [9.17, 15) is 10.0 Å². The van der Waals surface area contributed by atoms with Gasteiger partial charge in [0.15, 0.2) is 0 Å². The van der Waals surface area contributed by atoms with E-state index >= 15 is 0 Å². The van der Waals surface area contributed by atoms with E-state index in [0.717, 1.165) is 11.3 Å². The second-order valence-electron chi connectivity index (χ2n) is 4.05. The van der Waals surface area contributed by atoms with Crippen molar-refractivity contribution in [2.75, 3.05) is 7.11 Å². The molecule has 0 radical (unpaired) electrons. The van der Waals surface area contributed by atoms with Crippen molar-refractivity contribution < 1.29 is 19.5 Å². The van der Waals surface area contributed by atoms with Gasteiger partial charge in [0, 0.05) is 5.46 Å². The number of hydrogen-bond donors (Lipinski definition) is 2. The standard InChI is InChI=1S/C14H15BO4/c1-18-14-8-7-11(9-13(14)15(16)17)10-19-12-5-3-2-4-6-12/h2-9,16-17H,10H2,1H3. The molecule has 0 aliphatic rings. The zero-order valence-corrected chi connectivity index (χ0v) is 10.6. The van der Waals surface area contributed by atoms with Gasteiger partial charge in [0.2, 0.25) is 0 Å². The van der Waals surface area contributed by atoms with E-state index in [0.29, 0.717) is 17.8 Å². The van der Waals surface area contributed by atoms with Crippen LogP contribution in [0.15, 0.2) is 48.5 Å². The van der Waals surface area contributed by atoms with Crippen LogP contribution in [0.4, 0.5) is 0 Å². The number of rotatable bonds is 5. The van der Waals surface area contributed by atoms with E-state index in [2.05, 4.69) is 0 Å². The predicted octanol–water partition coefficient (Wildman–Crippen LogP) is 0.954. The molecule has 98 valence electrons. The molecule has 5 heteroatoms. The first-order chi connectivity index (χ1) is 9.20. The van der Waals surface area contributed by atoms with Crippen molar-refractivity contribution in [1.82, 2.24) is 0 Å². The summed E-state index contributed by atoms with van der Waals surface area (Å²) < 4.78 is 10.7. The van der Waals surface area contributed by atoms with E-state index in [-0.39, 0.29) is 0 Å². The van der Waals surface area contributed by atoms with E-state index in [1.54, 1.807) is 12.1 Å². The number of para-hydroxylation sites is 1. The number of ether oxygens (including phenoxy) is 2. The quantitative estimate of drug-likeness (QED) is 0.784. The van der Waals surface area contributed by atoms with Crippen LogP contribution in [0.2, 0.25) is 0 Å². The van der Waals surface area contributed by atoms with Crippen LogP contribution in [-0.4, -0.2) is 24.3 Å². The summed E-state index contributed by atoms with van der Waals surface area (Å²) in [6.45, 7) is 0.355. The molecule has 0 unspecified atom stereocenters. The molecule has 19 heavy (non-hydrogen) atoms. The highest BCUT2D eigenvalue weighted by Gasteiger charge is 2.17. The highest BCUT2D eigenvalue weighted by molar-refractivity contribution is 6.59. The van der Waals surface area contributed by atoms with Crippen LogP contribution in [0.3, 0.4) is 0 Å².